The minimum atomic E-state index is -0.995. The third kappa shape index (κ3) is 1.84. The van der Waals surface area contributed by atoms with E-state index in [4.69, 9.17) is 10.5 Å². The average molecular weight is 289 g/mol. The van der Waals surface area contributed by atoms with Gasteiger partial charge in [0.05, 0.1) is 5.69 Å². The van der Waals surface area contributed by atoms with E-state index in [0.29, 0.717) is 17.4 Å². The lowest BCUT2D eigenvalue weighted by Gasteiger charge is -2.39. The number of carbonyl (C=O) groups is 1. The van der Waals surface area contributed by atoms with Gasteiger partial charge in [-0.15, -0.1) is 0 Å². The molecule has 2 fully saturated rings. The minimum absolute atomic E-state index is 0.0362. The van der Waals surface area contributed by atoms with Crippen LogP contribution in [0.2, 0.25) is 0 Å². The lowest BCUT2D eigenvalue weighted by atomic mass is 9.70. The molecule has 2 aliphatic carbocycles. The number of aromatic carboxylic acids is 1. The average Bonchev–Trinajstić information content (AvgIpc) is 2.73. The van der Waals surface area contributed by atoms with Gasteiger partial charge in [0.25, 0.3) is 0 Å². The van der Waals surface area contributed by atoms with E-state index in [0.717, 1.165) is 12.8 Å². The first-order chi connectivity index (χ1) is 9.77. The number of nitrogens with two attached hydrogens (primary N) is 1. The second kappa shape index (κ2) is 4.39. The maximum atomic E-state index is 11.4. The monoisotopic (exact) mass is 289 g/mol. The number of ether oxygens (including phenoxy) is 1. The second-order valence-electron chi connectivity index (χ2n) is 7.25. The molecule has 0 saturated heterocycles. The van der Waals surface area contributed by atoms with Crippen LogP contribution in [0.1, 0.15) is 50.4 Å². The Balaban J connectivity index is 1.95. The van der Waals surface area contributed by atoms with Gasteiger partial charge in [-0.3, -0.25) is 0 Å². The van der Waals surface area contributed by atoms with Crippen LogP contribution in [0.3, 0.4) is 0 Å². The van der Waals surface area contributed by atoms with Gasteiger partial charge in [0.15, 0.2) is 5.75 Å². The van der Waals surface area contributed by atoms with E-state index >= 15 is 0 Å². The van der Waals surface area contributed by atoms with E-state index in [2.05, 4.69) is 20.8 Å². The Morgan fingerprint density at radius 1 is 1.38 bits per heavy atom. The van der Waals surface area contributed by atoms with Crippen molar-refractivity contribution in [3.63, 3.8) is 0 Å². The summed E-state index contributed by atoms with van der Waals surface area (Å²) in [5, 5.41) is 9.33. The summed E-state index contributed by atoms with van der Waals surface area (Å²) < 4.78 is 6.17. The van der Waals surface area contributed by atoms with Crippen molar-refractivity contribution >= 4 is 11.7 Å². The third-order valence-corrected chi connectivity index (χ3v) is 6.25. The summed E-state index contributed by atoms with van der Waals surface area (Å²) in [5.41, 5.74) is 6.82. The molecule has 0 spiro atoms. The molecule has 1 aromatic rings. The summed E-state index contributed by atoms with van der Waals surface area (Å²) in [4.78, 5) is 11.4. The molecule has 0 heterocycles. The molecule has 114 valence electrons. The number of para-hydroxylation sites is 1. The molecule has 0 radical (unpaired) electrons. The number of carboxylic acids is 1. The van der Waals surface area contributed by atoms with Crippen LogP contribution in [0.15, 0.2) is 18.2 Å². The van der Waals surface area contributed by atoms with Gasteiger partial charge < -0.3 is 15.6 Å². The normalized spacial score (nSPS) is 33.1. The van der Waals surface area contributed by atoms with Gasteiger partial charge >= 0.3 is 5.97 Å². The number of benzene rings is 1. The van der Waals surface area contributed by atoms with Crippen molar-refractivity contribution in [2.75, 3.05) is 5.73 Å². The van der Waals surface area contributed by atoms with Gasteiger partial charge in [0.2, 0.25) is 0 Å². The van der Waals surface area contributed by atoms with Crippen molar-refractivity contribution in [1.29, 1.82) is 0 Å². The highest BCUT2D eigenvalue weighted by atomic mass is 16.5. The van der Waals surface area contributed by atoms with E-state index in [1.165, 1.54) is 6.42 Å². The van der Waals surface area contributed by atoms with Crippen molar-refractivity contribution in [1.82, 2.24) is 0 Å². The Labute approximate surface area is 125 Å². The van der Waals surface area contributed by atoms with Crippen LogP contribution < -0.4 is 10.5 Å². The summed E-state index contributed by atoms with van der Waals surface area (Å²) in [5.74, 6) is -0.0184. The van der Waals surface area contributed by atoms with Crippen molar-refractivity contribution in [3.8, 4) is 5.75 Å². The fraction of sp³-hybridized carbons (Fsp3) is 0.588. The zero-order chi connectivity index (χ0) is 15.4. The Kier molecular flexibility index (Phi) is 2.98. The number of rotatable bonds is 3. The first kappa shape index (κ1) is 14.2. The maximum Gasteiger partial charge on any atom is 0.339 e. The van der Waals surface area contributed by atoms with E-state index in [1.807, 2.05) is 0 Å². The molecule has 3 unspecified atom stereocenters. The zero-order valence-electron chi connectivity index (χ0n) is 12.8. The highest BCUT2D eigenvalue weighted by Gasteiger charge is 2.62. The van der Waals surface area contributed by atoms with Gasteiger partial charge in [-0.05, 0) is 42.7 Å². The quantitative estimate of drug-likeness (QED) is 0.834. The largest absolute Gasteiger partial charge is 0.487 e. The number of carboxylic acid groups (broad SMARTS) is 1. The Hall–Kier alpha value is -1.71. The molecule has 2 saturated carbocycles. The van der Waals surface area contributed by atoms with Crippen molar-refractivity contribution in [3.05, 3.63) is 23.8 Å². The molecule has 21 heavy (non-hydrogen) atoms. The van der Waals surface area contributed by atoms with Crippen LogP contribution in [0.5, 0.6) is 5.75 Å². The molecular formula is C17H23NO3. The summed E-state index contributed by atoms with van der Waals surface area (Å²) in [7, 11) is 0. The molecule has 0 amide bonds. The first-order valence-electron chi connectivity index (χ1n) is 7.56. The van der Waals surface area contributed by atoms with Gasteiger partial charge in [0.1, 0.15) is 11.7 Å². The molecule has 2 bridgehead atoms. The van der Waals surface area contributed by atoms with Gasteiger partial charge in [0, 0.05) is 5.41 Å². The molecule has 0 aromatic heterocycles. The summed E-state index contributed by atoms with van der Waals surface area (Å²) >= 11 is 0. The van der Waals surface area contributed by atoms with Crippen LogP contribution in [-0.2, 0) is 0 Å². The minimum Gasteiger partial charge on any atom is -0.487 e. The Bertz CT molecular complexity index is 596. The zero-order valence-corrected chi connectivity index (χ0v) is 12.8. The number of fused-ring (bicyclic) bond motifs is 2. The van der Waals surface area contributed by atoms with Crippen molar-refractivity contribution < 1.29 is 14.6 Å². The van der Waals surface area contributed by atoms with E-state index < -0.39 is 5.97 Å². The number of nitrogen functional groups attached to an aromatic ring is 1. The smallest absolute Gasteiger partial charge is 0.339 e. The number of hydrogen-bond donors (Lipinski definition) is 2. The molecular weight excluding hydrogens is 266 g/mol. The van der Waals surface area contributed by atoms with E-state index in [9.17, 15) is 9.90 Å². The maximum absolute atomic E-state index is 11.4. The highest BCUT2D eigenvalue weighted by molar-refractivity contribution is 5.93. The number of hydrogen-bond acceptors (Lipinski definition) is 3. The Morgan fingerprint density at radius 2 is 2.10 bits per heavy atom. The predicted octanol–water partition coefficient (Wildman–Crippen LogP) is 3.56. The highest BCUT2D eigenvalue weighted by Crippen LogP contribution is 2.66. The molecule has 4 heteroatoms. The Morgan fingerprint density at radius 3 is 2.62 bits per heavy atom. The molecule has 3 rings (SSSR count). The van der Waals surface area contributed by atoms with Crippen LogP contribution in [0.4, 0.5) is 5.69 Å². The summed E-state index contributed by atoms with van der Waals surface area (Å²) in [6.45, 7) is 6.88. The summed E-state index contributed by atoms with van der Waals surface area (Å²) in [6.07, 6.45) is 3.38. The SMILES string of the molecule is CC1(C)C2CCC1(C)C(Oc1c(N)cccc1C(=O)O)C2. The van der Waals surface area contributed by atoms with Gasteiger partial charge in [-0.1, -0.05) is 26.8 Å². The van der Waals surface area contributed by atoms with Crippen LogP contribution in [0.25, 0.3) is 0 Å². The first-order valence-corrected chi connectivity index (χ1v) is 7.56. The third-order valence-electron chi connectivity index (χ3n) is 6.25. The van der Waals surface area contributed by atoms with Crippen LogP contribution >= 0.6 is 0 Å². The van der Waals surface area contributed by atoms with Crippen LogP contribution in [0, 0.1) is 16.7 Å². The topological polar surface area (TPSA) is 72.5 Å². The van der Waals surface area contributed by atoms with Crippen LogP contribution in [-0.4, -0.2) is 17.2 Å². The lowest BCUT2D eigenvalue weighted by Crippen LogP contribution is -2.39. The van der Waals surface area contributed by atoms with Crippen molar-refractivity contribution in [2.24, 2.45) is 16.7 Å². The fourth-order valence-corrected chi connectivity index (χ4v) is 4.31. The molecule has 4 nitrogen and oxygen atoms in total. The molecule has 3 atom stereocenters. The predicted molar refractivity (Wildman–Crippen MR) is 81.5 cm³/mol. The molecule has 1 aromatic carbocycles. The van der Waals surface area contributed by atoms with Gasteiger partial charge in [-0.2, -0.15) is 0 Å². The number of anilines is 1. The second-order valence-corrected chi connectivity index (χ2v) is 7.25. The van der Waals surface area contributed by atoms with Crippen molar-refractivity contribution in [2.45, 2.75) is 46.1 Å². The molecule has 3 N–H and O–H groups in total. The molecule has 2 aliphatic rings. The standard InChI is InChI=1S/C17H23NO3/c1-16(2)10-7-8-17(16,3)13(9-10)21-14-11(15(19)20)5-4-6-12(14)18/h4-6,10,13H,7-9,18H2,1-3H3,(H,19,20). The van der Waals surface area contributed by atoms with E-state index in [-0.39, 0.29) is 22.5 Å². The lowest BCUT2D eigenvalue weighted by molar-refractivity contribution is 0.0293. The van der Waals surface area contributed by atoms with Gasteiger partial charge in [-0.25, -0.2) is 4.79 Å². The van der Waals surface area contributed by atoms with E-state index in [1.54, 1.807) is 18.2 Å². The summed E-state index contributed by atoms with van der Waals surface area (Å²) in [6, 6.07) is 4.90. The fourth-order valence-electron chi connectivity index (χ4n) is 4.31. The molecule has 0 aliphatic heterocycles.